The Morgan fingerprint density at radius 1 is 1.27 bits per heavy atom. The number of alkyl halides is 3. The van der Waals surface area contributed by atoms with Crippen LogP contribution >= 0.6 is 15.9 Å². The molecule has 0 fully saturated rings. The number of carbonyl (C=O) groups excluding carboxylic acids is 2. The number of benzene rings is 1. The van der Waals surface area contributed by atoms with Gasteiger partial charge in [0.1, 0.15) is 6.54 Å². The lowest BCUT2D eigenvalue weighted by molar-refractivity contribution is -0.125. The summed E-state index contributed by atoms with van der Waals surface area (Å²) in [6.45, 7) is -1.17. The number of likely N-dealkylation sites (N-methyl/N-ethyl adjacent to an activating group) is 1. The number of carbonyl (C=O) groups is 2. The molecule has 0 radical (unpaired) electrons. The van der Waals surface area contributed by atoms with Crippen LogP contribution in [0, 0.1) is 0 Å². The Balaban J connectivity index is 2.38. The van der Waals surface area contributed by atoms with Gasteiger partial charge in [-0.2, -0.15) is 13.2 Å². The first kappa shape index (κ1) is 18.4. The first-order valence-corrected chi connectivity index (χ1v) is 7.03. The molecule has 0 atom stereocenters. The molecule has 0 aliphatic heterocycles. The zero-order chi connectivity index (χ0) is 16.8. The topological polar surface area (TPSA) is 61.4 Å². The van der Waals surface area contributed by atoms with Crippen LogP contribution in [0.4, 0.5) is 18.0 Å². The molecule has 9 heteroatoms. The van der Waals surface area contributed by atoms with E-state index in [2.05, 4.69) is 15.9 Å². The summed E-state index contributed by atoms with van der Waals surface area (Å²) in [6, 6.07) is 6.25. The van der Waals surface area contributed by atoms with Gasteiger partial charge in [-0.05, 0) is 18.7 Å². The summed E-state index contributed by atoms with van der Waals surface area (Å²) in [5.41, 5.74) is 0.944. The third-order valence-corrected chi connectivity index (χ3v) is 3.29. The minimum absolute atomic E-state index is 0.124. The van der Waals surface area contributed by atoms with E-state index < -0.39 is 24.7 Å². The first-order chi connectivity index (χ1) is 10.2. The second-order valence-corrected chi connectivity index (χ2v) is 5.46. The van der Waals surface area contributed by atoms with Gasteiger partial charge in [0.05, 0.1) is 6.54 Å². The molecule has 0 aromatic heterocycles. The first-order valence-electron chi connectivity index (χ1n) is 6.24. The van der Waals surface area contributed by atoms with Crippen LogP contribution in [0.2, 0.25) is 0 Å². The van der Waals surface area contributed by atoms with Crippen LogP contribution in [-0.2, 0) is 11.3 Å². The summed E-state index contributed by atoms with van der Waals surface area (Å²) in [6.07, 6.45) is -4.52. The molecule has 0 spiro atoms. The van der Waals surface area contributed by atoms with Crippen molar-refractivity contribution < 1.29 is 22.8 Å². The highest BCUT2D eigenvalue weighted by atomic mass is 79.9. The van der Waals surface area contributed by atoms with Crippen LogP contribution in [0.1, 0.15) is 5.56 Å². The Morgan fingerprint density at radius 2 is 1.91 bits per heavy atom. The molecule has 3 amide bonds. The number of nitrogens with zero attached hydrogens (tertiary/aromatic N) is 1. The Bertz CT molecular complexity index is 538. The molecule has 0 bridgehead atoms. The van der Waals surface area contributed by atoms with Gasteiger partial charge in [0.2, 0.25) is 5.91 Å². The van der Waals surface area contributed by atoms with Crippen LogP contribution in [0.3, 0.4) is 0 Å². The van der Waals surface area contributed by atoms with Crippen molar-refractivity contribution in [2.75, 3.05) is 20.1 Å². The van der Waals surface area contributed by atoms with Gasteiger partial charge in [-0.1, -0.05) is 34.1 Å². The third-order valence-electron chi connectivity index (χ3n) is 2.51. The number of amides is 3. The van der Waals surface area contributed by atoms with E-state index in [1.165, 1.54) is 0 Å². The van der Waals surface area contributed by atoms with Crippen molar-refractivity contribution in [3.8, 4) is 0 Å². The van der Waals surface area contributed by atoms with Crippen molar-refractivity contribution in [2.45, 2.75) is 12.7 Å². The van der Waals surface area contributed by atoms with Gasteiger partial charge in [0.25, 0.3) is 0 Å². The molecule has 22 heavy (non-hydrogen) atoms. The van der Waals surface area contributed by atoms with Crippen molar-refractivity contribution in [3.63, 3.8) is 0 Å². The van der Waals surface area contributed by atoms with Crippen LogP contribution in [0.25, 0.3) is 0 Å². The molecule has 5 nitrogen and oxygen atoms in total. The second kappa shape index (κ2) is 8.14. The van der Waals surface area contributed by atoms with E-state index >= 15 is 0 Å². The molecule has 0 aliphatic rings. The summed E-state index contributed by atoms with van der Waals surface area (Å²) in [4.78, 5) is 24.3. The highest BCUT2D eigenvalue weighted by Crippen LogP contribution is 2.17. The molecule has 1 aromatic rings. The molecule has 0 unspecified atom stereocenters. The molecular formula is C13H15BrF3N3O2. The maximum atomic E-state index is 11.9. The Hall–Kier alpha value is -1.61. The lowest BCUT2D eigenvalue weighted by Crippen LogP contribution is -2.46. The van der Waals surface area contributed by atoms with Gasteiger partial charge in [0, 0.05) is 11.0 Å². The highest BCUT2D eigenvalue weighted by molar-refractivity contribution is 9.10. The number of nitrogens with one attached hydrogen (secondary N) is 2. The standard InChI is InChI=1S/C13H15BrF3N3O2/c1-20(6-9-4-2-3-5-10(9)14)7-11(21)19-12(22)18-8-13(15,16)17/h2-5H,6-8H2,1H3,(H2,18,19,21,22). The molecule has 0 saturated carbocycles. The van der Waals surface area contributed by atoms with Gasteiger partial charge in [-0.3, -0.25) is 15.0 Å². The maximum absolute atomic E-state index is 11.9. The number of urea groups is 1. The van der Waals surface area contributed by atoms with Gasteiger partial charge >= 0.3 is 12.2 Å². The predicted molar refractivity (Wildman–Crippen MR) is 78.1 cm³/mol. The molecule has 2 N–H and O–H groups in total. The largest absolute Gasteiger partial charge is 0.405 e. The number of hydrogen-bond acceptors (Lipinski definition) is 3. The Labute approximate surface area is 134 Å². The van der Waals surface area contributed by atoms with Crippen molar-refractivity contribution >= 4 is 27.9 Å². The van der Waals surface area contributed by atoms with Crippen molar-refractivity contribution in [1.82, 2.24) is 15.5 Å². The highest BCUT2D eigenvalue weighted by Gasteiger charge is 2.28. The predicted octanol–water partition coefficient (Wildman–Crippen LogP) is 2.27. The normalized spacial score (nSPS) is 11.4. The summed E-state index contributed by atoms with van der Waals surface area (Å²) in [5.74, 6) is -0.686. The summed E-state index contributed by atoms with van der Waals surface area (Å²) in [5, 5.41) is 3.41. The molecule has 1 aromatic carbocycles. The molecule has 1 rings (SSSR count). The lowest BCUT2D eigenvalue weighted by Gasteiger charge is -2.17. The van der Waals surface area contributed by atoms with Crippen LogP contribution < -0.4 is 10.6 Å². The zero-order valence-corrected chi connectivity index (χ0v) is 13.3. The molecule has 0 aliphatic carbocycles. The van der Waals surface area contributed by atoms with Crippen molar-refractivity contribution in [3.05, 3.63) is 34.3 Å². The van der Waals surface area contributed by atoms with Crippen LogP contribution in [0.15, 0.2) is 28.7 Å². The molecular weight excluding hydrogens is 367 g/mol. The van der Waals surface area contributed by atoms with Crippen molar-refractivity contribution in [2.24, 2.45) is 0 Å². The summed E-state index contributed by atoms with van der Waals surface area (Å²) < 4.78 is 36.6. The number of imide groups is 1. The fourth-order valence-electron chi connectivity index (χ4n) is 1.61. The monoisotopic (exact) mass is 381 g/mol. The fourth-order valence-corrected chi connectivity index (χ4v) is 2.02. The fraction of sp³-hybridized carbons (Fsp3) is 0.385. The zero-order valence-electron chi connectivity index (χ0n) is 11.7. The van der Waals surface area contributed by atoms with Gasteiger partial charge < -0.3 is 5.32 Å². The molecule has 122 valence electrons. The van der Waals surface area contributed by atoms with Gasteiger partial charge in [-0.15, -0.1) is 0 Å². The lowest BCUT2D eigenvalue weighted by atomic mass is 10.2. The Morgan fingerprint density at radius 3 is 2.50 bits per heavy atom. The minimum Gasteiger partial charge on any atom is -0.329 e. The van der Waals surface area contributed by atoms with E-state index in [0.29, 0.717) is 6.54 Å². The maximum Gasteiger partial charge on any atom is 0.405 e. The Kier molecular flexibility index (Phi) is 6.82. The molecule has 0 saturated heterocycles. The van der Waals surface area contributed by atoms with Crippen molar-refractivity contribution in [1.29, 1.82) is 0 Å². The summed E-state index contributed by atoms with van der Waals surface area (Å²) in [7, 11) is 1.66. The minimum atomic E-state index is -4.52. The van der Waals surface area contributed by atoms with Crippen LogP contribution in [-0.4, -0.2) is 43.2 Å². The van der Waals surface area contributed by atoms with E-state index in [1.54, 1.807) is 17.3 Å². The van der Waals surface area contributed by atoms with Gasteiger partial charge in [0.15, 0.2) is 0 Å². The molecule has 0 heterocycles. The quantitative estimate of drug-likeness (QED) is 0.822. The average molecular weight is 382 g/mol. The third kappa shape index (κ3) is 7.41. The SMILES string of the molecule is CN(CC(=O)NC(=O)NCC(F)(F)F)Cc1ccccc1Br. The number of rotatable bonds is 5. The van der Waals surface area contributed by atoms with E-state index in [1.807, 2.05) is 29.6 Å². The summed E-state index contributed by atoms with van der Waals surface area (Å²) >= 11 is 3.37. The van der Waals surface area contributed by atoms with E-state index in [9.17, 15) is 22.8 Å². The number of hydrogen-bond donors (Lipinski definition) is 2. The van der Waals surface area contributed by atoms with E-state index in [-0.39, 0.29) is 6.54 Å². The number of halogens is 4. The van der Waals surface area contributed by atoms with E-state index in [0.717, 1.165) is 10.0 Å². The smallest absolute Gasteiger partial charge is 0.329 e. The van der Waals surface area contributed by atoms with Gasteiger partial charge in [-0.25, -0.2) is 4.79 Å². The second-order valence-electron chi connectivity index (χ2n) is 4.61. The average Bonchev–Trinajstić information content (AvgIpc) is 2.38. The van der Waals surface area contributed by atoms with Crippen LogP contribution in [0.5, 0.6) is 0 Å². The van der Waals surface area contributed by atoms with E-state index in [4.69, 9.17) is 0 Å².